The Kier molecular flexibility index (Phi) is 6.36. The molecular weight excluding hydrogens is 323 g/mol. The van der Waals surface area contributed by atoms with Gasteiger partial charge in [-0.1, -0.05) is 31.4 Å². The van der Waals surface area contributed by atoms with Gasteiger partial charge in [-0.15, -0.1) is 0 Å². The predicted molar refractivity (Wildman–Crippen MR) is 81.8 cm³/mol. The van der Waals surface area contributed by atoms with Crippen LogP contribution in [0.4, 0.5) is 13.2 Å². The summed E-state index contributed by atoms with van der Waals surface area (Å²) in [5, 5.41) is 0. The van der Waals surface area contributed by atoms with E-state index in [2.05, 4.69) is 4.74 Å². The Labute approximate surface area is 138 Å². The quantitative estimate of drug-likeness (QED) is 0.506. The van der Waals surface area contributed by atoms with Gasteiger partial charge in [0.15, 0.2) is 0 Å². The highest BCUT2D eigenvalue weighted by Crippen LogP contribution is 2.23. The molecule has 0 radical (unpaired) electrons. The lowest BCUT2D eigenvalue weighted by atomic mass is 10.1. The smallest absolute Gasteiger partial charge is 0.372 e. The van der Waals surface area contributed by atoms with Gasteiger partial charge < -0.3 is 4.74 Å². The van der Waals surface area contributed by atoms with E-state index in [-0.39, 0.29) is 18.4 Å². The number of fused-ring (bicyclic) bond motifs is 1. The Hall–Kier alpha value is -1.89. The molecule has 0 unspecified atom stereocenters. The summed E-state index contributed by atoms with van der Waals surface area (Å²) in [6, 6.07) is 6.76. The van der Waals surface area contributed by atoms with Crippen molar-refractivity contribution >= 4 is 11.8 Å². The molecule has 0 atom stereocenters. The number of imide groups is 1. The summed E-state index contributed by atoms with van der Waals surface area (Å²) < 4.78 is 40.1. The fourth-order valence-corrected chi connectivity index (χ4v) is 2.63. The molecule has 0 aromatic heterocycles. The topological polar surface area (TPSA) is 46.6 Å². The lowest BCUT2D eigenvalue weighted by Crippen LogP contribution is -2.30. The van der Waals surface area contributed by atoms with Crippen LogP contribution in [0.5, 0.6) is 0 Å². The van der Waals surface area contributed by atoms with E-state index in [4.69, 9.17) is 0 Å². The minimum absolute atomic E-state index is 0.0952. The van der Waals surface area contributed by atoms with Gasteiger partial charge in [-0.2, -0.15) is 13.2 Å². The van der Waals surface area contributed by atoms with Crippen LogP contribution >= 0.6 is 0 Å². The number of carbonyl (C=O) groups is 2. The molecule has 0 spiro atoms. The summed E-state index contributed by atoms with van der Waals surface area (Å²) in [7, 11) is 0. The number of ether oxygens (including phenoxy) is 1. The Bertz CT molecular complexity index is 552. The highest BCUT2D eigenvalue weighted by Gasteiger charge is 2.34. The third-order valence-electron chi connectivity index (χ3n) is 3.81. The molecule has 24 heavy (non-hydrogen) atoms. The van der Waals surface area contributed by atoms with E-state index in [9.17, 15) is 22.8 Å². The van der Waals surface area contributed by atoms with Crippen LogP contribution in [-0.2, 0) is 4.74 Å². The van der Waals surface area contributed by atoms with Crippen LogP contribution in [0.1, 0.15) is 52.8 Å². The Morgan fingerprint density at radius 1 is 0.875 bits per heavy atom. The molecule has 1 aliphatic rings. The number of alkyl halides is 3. The molecule has 2 rings (SSSR count). The van der Waals surface area contributed by atoms with Gasteiger partial charge in [0.05, 0.1) is 11.1 Å². The summed E-state index contributed by atoms with van der Waals surface area (Å²) in [6.07, 6.45) is -0.602. The molecule has 0 fully saturated rings. The Balaban J connectivity index is 1.58. The highest BCUT2D eigenvalue weighted by atomic mass is 19.4. The van der Waals surface area contributed by atoms with Gasteiger partial charge in [0.2, 0.25) is 0 Å². The number of unbranched alkanes of at least 4 members (excludes halogenated alkanes) is 4. The fraction of sp³-hybridized carbons (Fsp3) is 0.529. The van der Waals surface area contributed by atoms with Gasteiger partial charge in [-0.3, -0.25) is 14.5 Å². The van der Waals surface area contributed by atoms with Crippen molar-refractivity contribution in [2.75, 3.05) is 19.8 Å². The van der Waals surface area contributed by atoms with Crippen molar-refractivity contribution in [3.63, 3.8) is 0 Å². The van der Waals surface area contributed by atoms with E-state index in [1.807, 2.05) is 0 Å². The van der Waals surface area contributed by atoms with Crippen LogP contribution < -0.4 is 0 Å². The highest BCUT2D eigenvalue weighted by molar-refractivity contribution is 6.21. The van der Waals surface area contributed by atoms with Gasteiger partial charge in [0.25, 0.3) is 11.8 Å². The number of amides is 2. The first-order valence-electron chi connectivity index (χ1n) is 8.00. The number of hydrogen-bond acceptors (Lipinski definition) is 3. The zero-order valence-electron chi connectivity index (χ0n) is 13.3. The molecule has 0 bridgehead atoms. The molecule has 1 aromatic rings. The van der Waals surface area contributed by atoms with Crippen molar-refractivity contribution < 1.29 is 27.5 Å². The molecule has 4 nitrogen and oxygen atoms in total. The van der Waals surface area contributed by atoms with Gasteiger partial charge in [-0.25, -0.2) is 0 Å². The summed E-state index contributed by atoms with van der Waals surface area (Å²) in [4.78, 5) is 25.5. The normalized spacial score (nSPS) is 14.4. The van der Waals surface area contributed by atoms with Gasteiger partial charge in [0, 0.05) is 13.2 Å². The summed E-state index contributed by atoms with van der Waals surface area (Å²) >= 11 is 0. The summed E-state index contributed by atoms with van der Waals surface area (Å²) in [5.74, 6) is -0.507. The fourth-order valence-electron chi connectivity index (χ4n) is 2.63. The zero-order valence-corrected chi connectivity index (χ0v) is 13.3. The van der Waals surface area contributed by atoms with Crippen molar-refractivity contribution in [3.05, 3.63) is 35.4 Å². The first kappa shape index (κ1) is 18.4. The largest absolute Gasteiger partial charge is 0.411 e. The SMILES string of the molecule is O=C1c2ccccc2C(=O)N1CCCCCCCOCC(F)(F)F. The number of halogens is 3. The predicted octanol–water partition coefficient (Wildman–Crippen LogP) is 3.81. The molecule has 0 N–H and O–H groups in total. The molecule has 1 aliphatic heterocycles. The molecule has 1 aromatic carbocycles. The van der Waals surface area contributed by atoms with Gasteiger partial charge >= 0.3 is 6.18 Å². The van der Waals surface area contributed by atoms with Crippen LogP contribution in [-0.4, -0.2) is 42.6 Å². The number of hydrogen-bond donors (Lipinski definition) is 0. The van der Waals surface area contributed by atoms with Crippen LogP contribution in [0.15, 0.2) is 24.3 Å². The summed E-state index contributed by atoms with van der Waals surface area (Å²) in [5.41, 5.74) is 0.897. The number of rotatable bonds is 9. The maximum absolute atomic E-state index is 12.1. The maximum Gasteiger partial charge on any atom is 0.411 e. The second-order valence-corrected chi connectivity index (χ2v) is 5.74. The minimum atomic E-state index is -4.27. The van der Waals surface area contributed by atoms with Gasteiger partial charge in [-0.05, 0) is 25.0 Å². The van der Waals surface area contributed by atoms with E-state index < -0.39 is 12.8 Å². The first-order chi connectivity index (χ1) is 11.4. The molecule has 0 saturated heterocycles. The van der Waals surface area contributed by atoms with E-state index in [1.54, 1.807) is 24.3 Å². The Morgan fingerprint density at radius 3 is 2.00 bits per heavy atom. The van der Waals surface area contributed by atoms with Gasteiger partial charge in [0.1, 0.15) is 6.61 Å². The molecule has 132 valence electrons. The van der Waals surface area contributed by atoms with Crippen LogP contribution in [0.2, 0.25) is 0 Å². The lowest BCUT2D eigenvalue weighted by Gasteiger charge is -2.13. The van der Waals surface area contributed by atoms with E-state index in [0.717, 1.165) is 19.3 Å². The van der Waals surface area contributed by atoms with Crippen LogP contribution in [0.3, 0.4) is 0 Å². The first-order valence-corrected chi connectivity index (χ1v) is 8.00. The average Bonchev–Trinajstić information content (AvgIpc) is 2.77. The zero-order chi connectivity index (χ0) is 17.6. The molecule has 2 amide bonds. The average molecular weight is 343 g/mol. The maximum atomic E-state index is 12.1. The van der Waals surface area contributed by atoms with Crippen molar-refractivity contribution in [2.45, 2.75) is 38.3 Å². The van der Waals surface area contributed by atoms with Crippen molar-refractivity contribution in [2.24, 2.45) is 0 Å². The molecule has 7 heteroatoms. The van der Waals surface area contributed by atoms with Crippen LogP contribution in [0, 0.1) is 0 Å². The van der Waals surface area contributed by atoms with E-state index >= 15 is 0 Å². The van der Waals surface area contributed by atoms with Crippen molar-refractivity contribution in [1.29, 1.82) is 0 Å². The number of carbonyl (C=O) groups excluding carboxylic acids is 2. The van der Waals surface area contributed by atoms with E-state index in [1.165, 1.54) is 4.90 Å². The van der Waals surface area contributed by atoms with Crippen LogP contribution in [0.25, 0.3) is 0 Å². The molecular formula is C17H20F3NO3. The lowest BCUT2D eigenvalue weighted by molar-refractivity contribution is -0.174. The second kappa shape index (κ2) is 8.28. The van der Waals surface area contributed by atoms with Crippen molar-refractivity contribution in [1.82, 2.24) is 4.90 Å². The monoisotopic (exact) mass is 343 g/mol. The second-order valence-electron chi connectivity index (χ2n) is 5.74. The van der Waals surface area contributed by atoms with E-state index in [0.29, 0.717) is 30.5 Å². The number of benzene rings is 1. The minimum Gasteiger partial charge on any atom is -0.372 e. The van der Waals surface area contributed by atoms with Crippen molar-refractivity contribution in [3.8, 4) is 0 Å². The Morgan fingerprint density at radius 2 is 1.42 bits per heavy atom. The standard InChI is InChI=1S/C17H20F3NO3/c18-17(19,20)12-24-11-7-3-1-2-6-10-21-15(22)13-8-4-5-9-14(13)16(21)23/h4-5,8-9H,1-3,6-7,10-12H2. The molecule has 0 aliphatic carbocycles. The third kappa shape index (κ3) is 5.06. The molecule has 1 heterocycles. The summed E-state index contributed by atoms with van der Waals surface area (Å²) in [6.45, 7) is -0.735. The number of nitrogens with zero attached hydrogens (tertiary/aromatic N) is 1. The third-order valence-corrected chi connectivity index (χ3v) is 3.81. The molecule has 0 saturated carbocycles.